The summed E-state index contributed by atoms with van der Waals surface area (Å²) >= 11 is 0. The molecule has 0 aliphatic heterocycles. The van der Waals surface area contributed by atoms with Gasteiger partial charge in [-0.2, -0.15) is 0 Å². The molecule has 0 fully saturated rings. The second-order valence-corrected chi connectivity index (χ2v) is 13.6. The topological polar surface area (TPSA) is 4.93 Å². The first kappa shape index (κ1) is 27.5. The summed E-state index contributed by atoms with van der Waals surface area (Å²) in [6.45, 7) is 0. The van der Waals surface area contributed by atoms with Crippen LogP contribution in [-0.2, 0) is 5.41 Å². The van der Waals surface area contributed by atoms with Crippen molar-refractivity contribution >= 4 is 54.1 Å². The minimum atomic E-state index is -0.456. The third-order valence-corrected chi connectivity index (χ3v) is 11.2. The molecule has 1 aromatic heterocycles. The number of para-hydroxylation sites is 1. The van der Waals surface area contributed by atoms with E-state index in [0.717, 1.165) is 0 Å². The summed E-state index contributed by atoms with van der Waals surface area (Å²) in [7, 11) is 0. The number of hydrogen-bond donors (Lipinski definition) is 0. The van der Waals surface area contributed by atoms with E-state index in [9.17, 15) is 0 Å². The van der Waals surface area contributed by atoms with Gasteiger partial charge in [-0.1, -0.05) is 158 Å². The fraction of sp³-hybridized carbons (Fsp3) is 0.0204. The van der Waals surface area contributed by atoms with Crippen LogP contribution < -0.4 is 0 Å². The van der Waals surface area contributed by atoms with Crippen LogP contribution in [-0.4, -0.2) is 4.57 Å². The van der Waals surface area contributed by atoms with E-state index >= 15 is 0 Å². The number of aromatic nitrogens is 1. The quantitative estimate of drug-likeness (QED) is 0.171. The molecule has 0 N–H and O–H groups in total. The summed E-state index contributed by atoms with van der Waals surface area (Å²) in [5.74, 6) is 0. The Morgan fingerprint density at radius 2 is 0.820 bits per heavy atom. The molecule has 11 rings (SSSR count). The standard InChI is InChI=1S/C49H31N/c1-3-15-32(16-4-1)49(33-17-5-2-6-18-33)45-25-13-11-23-40(45)43-30-44-41-24-12-14-26-47(41)50(48(44)31-46(43)49)34-27-28-39-37-21-8-7-19-35(37)36-20-9-10-22-38(36)42(39)29-34/h1-31H. The van der Waals surface area contributed by atoms with Crippen LogP contribution in [0.5, 0.6) is 0 Å². The van der Waals surface area contributed by atoms with Crippen LogP contribution in [0.25, 0.3) is 70.9 Å². The third-order valence-electron chi connectivity index (χ3n) is 11.2. The highest BCUT2D eigenvalue weighted by atomic mass is 15.0. The SMILES string of the molecule is c1ccc(C2(c3ccccc3)c3ccccc3-c3cc4c5ccccc5n(-c5ccc6c7ccccc7c7ccccc7c6c5)c4cc32)cc1. The normalized spacial score (nSPS) is 13.4. The molecule has 1 nitrogen and oxygen atoms in total. The summed E-state index contributed by atoms with van der Waals surface area (Å²) in [4.78, 5) is 0. The molecule has 0 amide bonds. The summed E-state index contributed by atoms with van der Waals surface area (Å²) in [6.07, 6.45) is 0. The van der Waals surface area contributed by atoms with Crippen LogP contribution >= 0.6 is 0 Å². The van der Waals surface area contributed by atoms with Gasteiger partial charge in [-0.05, 0) is 96.0 Å². The zero-order valence-electron chi connectivity index (χ0n) is 27.3. The van der Waals surface area contributed by atoms with E-state index in [1.54, 1.807) is 0 Å². The van der Waals surface area contributed by atoms with Crippen molar-refractivity contribution in [3.8, 4) is 16.8 Å². The number of fused-ring (bicyclic) bond motifs is 12. The first-order valence-corrected chi connectivity index (χ1v) is 17.4. The summed E-state index contributed by atoms with van der Waals surface area (Å²) < 4.78 is 2.50. The molecular weight excluding hydrogens is 603 g/mol. The van der Waals surface area contributed by atoms with Gasteiger partial charge >= 0.3 is 0 Å². The molecule has 0 saturated heterocycles. The Morgan fingerprint density at radius 1 is 0.300 bits per heavy atom. The van der Waals surface area contributed by atoms with Crippen LogP contribution in [0.1, 0.15) is 22.3 Å². The van der Waals surface area contributed by atoms with Crippen LogP contribution in [0.3, 0.4) is 0 Å². The predicted octanol–water partition coefficient (Wildman–Crippen LogP) is 12.6. The van der Waals surface area contributed by atoms with E-state index in [0.29, 0.717) is 0 Å². The van der Waals surface area contributed by atoms with Gasteiger partial charge in [0.1, 0.15) is 0 Å². The molecule has 10 aromatic rings. The van der Waals surface area contributed by atoms with Crippen molar-refractivity contribution in [3.63, 3.8) is 0 Å². The molecule has 0 spiro atoms. The smallest absolute Gasteiger partial charge is 0.0714 e. The van der Waals surface area contributed by atoms with Crippen LogP contribution in [0.2, 0.25) is 0 Å². The molecule has 1 aliphatic rings. The molecule has 0 atom stereocenters. The maximum Gasteiger partial charge on any atom is 0.0714 e. The lowest BCUT2D eigenvalue weighted by molar-refractivity contribution is 0.769. The Balaban J connectivity index is 1.28. The number of nitrogens with zero attached hydrogens (tertiary/aromatic N) is 1. The minimum absolute atomic E-state index is 0.456. The second-order valence-electron chi connectivity index (χ2n) is 13.6. The van der Waals surface area contributed by atoms with Gasteiger partial charge in [-0.3, -0.25) is 0 Å². The first-order valence-electron chi connectivity index (χ1n) is 17.4. The van der Waals surface area contributed by atoms with Crippen molar-refractivity contribution in [1.29, 1.82) is 0 Å². The number of rotatable bonds is 3. The maximum atomic E-state index is 2.51. The van der Waals surface area contributed by atoms with Crippen LogP contribution in [0, 0.1) is 0 Å². The first-order chi connectivity index (χ1) is 24.8. The van der Waals surface area contributed by atoms with E-state index in [4.69, 9.17) is 0 Å². The van der Waals surface area contributed by atoms with Crippen molar-refractivity contribution in [2.75, 3.05) is 0 Å². The Morgan fingerprint density at radius 3 is 1.48 bits per heavy atom. The van der Waals surface area contributed by atoms with Crippen LogP contribution in [0.15, 0.2) is 188 Å². The van der Waals surface area contributed by atoms with Crippen molar-refractivity contribution < 1.29 is 0 Å². The predicted molar refractivity (Wildman–Crippen MR) is 211 cm³/mol. The Labute approximate surface area is 290 Å². The maximum absolute atomic E-state index is 2.51. The van der Waals surface area contributed by atoms with Gasteiger partial charge in [0, 0.05) is 16.5 Å². The van der Waals surface area contributed by atoms with Crippen molar-refractivity contribution in [2.45, 2.75) is 5.41 Å². The van der Waals surface area contributed by atoms with E-state index in [2.05, 4.69) is 193 Å². The van der Waals surface area contributed by atoms with Crippen molar-refractivity contribution in [2.24, 2.45) is 0 Å². The van der Waals surface area contributed by atoms with E-state index in [1.165, 1.54) is 93.2 Å². The Hall–Kier alpha value is -6.44. The average molecular weight is 634 g/mol. The zero-order valence-corrected chi connectivity index (χ0v) is 27.3. The van der Waals surface area contributed by atoms with Crippen molar-refractivity contribution in [1.82, 2.24) is 4.57 Å². The molecule has 0 unspecified atom stereocenters. The van der Waals surface area contributed by atoms with Gasteiger partial charge in [0.15, 0.2) is 0 Å². The highest BCUT2D eigenvalue weighted by molar-refractivity contribution is 6.25. The monoisotopic (exact) mass is 633 g/mol. The molecule has 0 bridgehead atoms. The molecule has 50 heavy (non-hydrogen) atoms. The van der Waals surface area contributed by atoms with E-state index in [1.807, 2.05) is 0 Å². The summed E-state index contributed by atoms with van der Waals surface area (Å²) in [5.41, 5.74) is 11.0. The molecule has 1 heterocycles. The van der Waals surface area contributed by atoms with Gasteiger partial charge in [0.2, 0.25) is 0 Å². The van der Waals surface area contributed by atoms with E-state index < -0.39 is 5.41 Å². The average Bonchev–Trinajstić information content (AvgIpc) is 3.67. The molecule has 1 heteroatoms. The molecular formula is C49H31N. The van der Waals surface area contributed by atoms with Gasteiger partial charge in [-0.25, -0.2) is 0 Å². The third kappa shape index (κ3) is 3.56. The molecule has 0 radical (unpaired) electrons. The molecule has 9 aromatic carbocycles. The summed E-state index contributed by atoms with van der Waals surface area (Å²) in [6, 6.07) is 69.8. The lowest BCUT2D eigenvalue weighted by Gasteiger charge is -2.34. The number of hydrogen-bond acceptors (Lipinski definition) is 0. The van der Waals surface area contributed by atoms with Crippen molar-refractivity contribution in [3.05, 3.63) is 210 Å². The fourth-order valence-corrected chi connectivity index (χ4v) is 9.22. The Kier molecular flexibility index (Phi) is 5.66. The fourth-order valence-electron chi connectivity index (χ4n) is 9.22. The second kappa shape index (κ2) is 10.3. The van der Waals surface area contributed by atoms with Crippen LogP contribution in [0.4, 0.5) is 0 Å². The molecule has 0 saturated carbocycles. The summed E-state index contributed by atoms with van der Waals surface area (Å²) in [5, 5.41) is 10.3. The minimum Gasteiger partial charge on any atom is -0.309 e. The highest BCUT2D eigenvalue weighted by Gasteiger charge is 2.46. The van der Waals surface area contributed by atoms with Gasteiger partial charge in [0.25, 0.3) is 0 Å². The number of benzene rings is 9. The van der Waals surface area contributed by atoms with E-state index in [-0.39, 0.29) is 0 Å². The largest absolute Gasteiger partial charge is 0.309 e. The molecule has 1 aliphatic carbocycles. The lowest BCUT2D eigenvalue weighted by atomic mass is 9.67. The zero-order chi connectivity index (χ0) is 32.8. The van der Waals surface area contributed by atoms with Gasteiger partial charge < -0.3 is 4.57 Å². The van der Waals surface area contributed by atoms with Gasteiger partial charge in [0.05, 0.1) is 16.4 Å². The lowest BCUT2D eigenvalue weighted by Crippen LogP contribution is -2.28. The highest BCUT2D eigenvalue weighted by Crippen LogP contribution is 2.57. The Bertz CT molecular complexity index is 2890. The molecule has 232 valence electrons. The van der Waals surface area contributed by atoms with Gasteiger partial charge in [-0.15, -0.1) is 0 Å².